The molecule has 0 fully saturated rings. The summed E-state index contributed by atoms with van der Waals surface area (Å²) in [6.45, 7) is 7.27. The van der Waals surface area contributed by atoms with E-state index >= 15 is 0 Å². The van der Waals surface area contributed by atoms with E-state index in [2.05, 4.69) is 6.07 Å². The molecule has 0 saturated carbocycles. The number of hydrogen-bond donors (Lipinski definition) is 0. The zero-order valence-electron chi connectivity index (χ0n) is 11.6. The lowest BCUT2D eigenvalue weighted by atomic mass is 9.91. The predicted molar refractivity (Wildman–Crippen MR) is 73.7 cm³/mol. The van der Waals surface area contributed by atoms with Gasteiger partial charge in [0.2, 0.25) is 0 Å². The number of nitro groups is 1. The van der Waals surface area contributed by atoms with Gasteiger partial charge in [0.1, 0.15) is 5.54 Å². The molecule has 5 nitrogen and oxygen atoms in total. The molecular weight excluding hydrogens is 242 g/mol. The third kappa shape index (κ3) is 3.30. The number of nitro benzene ring substituents is 1. The third-order valence-corrected chi connectivity index (χ3v) is 3.43. The SMILES string of the molecule is CCN(CC)C(C)(C#N)Cc1ccccc1[N+](=O)[O-]. The molecule has 19 heavy (non-hydrogen) atoms. The minimum atomic E-state index is -0.727. The number of nitriles is 1. The van der Waals surface area contributed by atoms with Crippen LogP contribution in [0.1, 0.15) is 26.3 Å². The van der Waals surface area contributed by atoms with E-state index in [0.717, 1.165) is 13.1 Å². The van der Waals surface area contributed by atoms with Crippen LogP contribution in [0.3, 0.4) is 0 Å². The number of rotatable bonds is 6. The van der Waals surface area contributed by atoms with Crippen LogP contribution in [-0.4, -0.2) is 28.5 Å². The zero-order valence-corrected chi connectivity index (χ0v) is 11.6. The quantitative estimate of drug-likeness (QED) is 0.583. The van der Waals surface area contributed by atoms with Crippen molar-refractivity contribution in [3.8, 4) is 6.07 Å². The molecule has 0 aliphatic rings. The van der Waals surface area contributed by atoms with Gasteiger partial charge in [-0.15, -0.1) is 0 Å². The maximum absolute atomic E-state index is 11.0. The van der Waals surface area contributed by atoms with E-state index in [1.807, 2.05) is 25.7 Å². The van der Waals surface area contributed by atoms with E-state index in [9.17, 15) is 15.4 Å². The van der Waals surface area contributed by atoms with Gasteiger partial charge in [-0.2, -0.15) is 5.26 Å². The van der Waals surface area contributed by atoms with Crippen molar-refractivity contribution in [3.63, 3.8) is 0 Å². The first-order valence-corrected chi connectivity index (χ1v) is 6.37. The number of likely N-dealkylation sites (N-methyl/N-ethyl adjacent to an activating group) is 1. The molecule has 0 radical (unpaired) electrons. The highest BCUT2D eigenvalue weighted by Gasteiger charge is 2.32. The van der Waals surface area contributed by atoms with Crippen LogP contribution in [0.15, 0.2) is 24.3 Å². The van der Waals surface area contributed by atoms with Crippen LogP contribution in [0.5, 0.6) is 0 Å². The van der Waals surface area contributed by atoms with Crippen molar-refractivity contribution in [2.45, 2.75) is 32.7 Å². The Morgan fingerprint density at radius 2 is 1.95 bits per heavy atom. The van der Waals surface area contributed by atoms with E-state index in [0.29, 0.717) is 12.0 Å². The van der Waals surface area contributed by atoms with E-state index in [1.54, 1.807) is 18.2 Å². The lowest BCUT2D eigenvalue weighted by molar-refractivity contribution is -0.385. The van der Waals surface area contributed by atoms with Gasteiger partial charge in [-0.3, -0.25) is 15.0 Å². The van der Waals surface area contributed by atoms with Crippen molar-refractivity contribution in [2.24, 2.45) is 0 Å². The normalized spacial score (nSPS) is 13.8. The molecular formula is C14H19N3O2. The van der Waals surface area contributed by atoms with Crippen molar-refractivity contribution in [1.29, 1.82) is 5.26 Å². The molecule has 0 spiro atoms. The summed E-state index contributed by atoms with van der Waals surface area (Å²) < 4.78 is 0. The smallest absolute Gasteiger partial charge is 0.272 e. The Labute approximate surface area is 113 Å². The van der Waals surface area contributed by atoms with E-state index in [-0.39, 0.29) is 5.69 Å². The van der Waals surface area contributed by atoms with E-state index in [1.165, 1.54) is 6.07 Å². The summed E-state index contributed by atoms with van der Waals surface area (Å²) in [6.07, 6.45) is 0.350. The Kier molecular flexibility index (Phi) is 5.02. The minimum absolute atomic E-state index is 0.0798. The number of benzene rings is 1. The van der Waals surface area contributed by atoms with Gasteiger partial charge in [0.25, 0.3) is 5.69 Å². The summed E-state index contributed by atoms with van der Waals surface area (Å²) in [5, 5.41) is 20.5. The molecule has 1 atom stereocenters. The highest BCUT2D eigenvalue weighted by molar-refractivity contribution is 5.41. The minimum Gasteiger partial charge on any atom is -0.286 e. The van der Waals surface area contributed by atoms with Gasteiger partial charge in [0.05, 0.1) is 11.0 Å². The summed E-state index contributed by atoms with van der Waals surface area (Å²) in [4.78, 5) is 12.6. The van der Waals surface area contributed by atoms with E-state index in [4.69, 9.17) is 0 Å². The van der Waals surface area contributed by atoms with Crippen molar-refractivity contribution in [2.75, 3.05) is 13.1 Å². The molecule has 1 unspecified atom stereocenters. The lowest BCUT2D eigenvalue weighted by Gasteiger charge is -2.34. The van der Waals surface area contributed by atoms with Crippen molar-refractivity contribution in [3.05, 3.63) is 39.9 Å². The first-order chi connectivity index (χ1) is 8.98. The van der Waals surface area contributed by atoms with Gasteiger partial charge < -0.3 is 0 Å². The fourth-order valence-electron chi connectivity index (χ4n) is 2.35. The second-order valence-electron chi connectivity index (χ2n) is 4.62. The molecule has 5 heteroatoms. The van der Waals surface area contributed by atoms with Gasteiger partial charge in [-0.25, -0.2) is 0 Å². The summed E-state index contributed by atoms with van der Waals surface area (Å²) in [5.41, 5.74) is -0.0464. The molecule has 0 N–H and O–H groups in total. The monoisotopic (exact) mass is 261 g/mol. The molecule has 0 aliphatic heterocycles. The van der Waals surface area contributed by atoms with Gasteiger partial charge in [0.15, 0.2) is 0 Å². The second-order valence-corrected chi connectivity index (χ2v) is 4.62. The molecule has 0 amide bonds. The molecule has 0 aliphatic carbocycles. The number of nitrogens with zero attached hydrogens (tertiary/aromatic N) is 3. The van der Waals surface area contributed by atoms with Crippen LogP contribution >= 0.6 is 0 Å². The molecule has 0 heterocycles. The van der Waals surface area contributed by atoms with Crippen molar-refractivity contribution in [1.82, 2.24) is 4.90 Å². The fourth-order valence-corrected chi connectivity index (χ4v) is 2.35. The average molecular weight is 261 g/mol. The maximum Gasteiger partial charge on any atom is 0.272 e. The number of para-hydroxylation sites is 1. The van der Waals surface area contributed by atoms with Crippen LogP contribution in [-0.2, 0) is 6.42 Å². The maximum atomic E-state index is 11.0. The van der Waals surface area contributed by atoms with Crippen LogP contribution in [0.25, 0.3) is 0 Å². The molecule has 0 saturated heterocycles. The first-order valence-electron chi connectivity index (χ1n) is 6.37. The van der Waals surface area contributed by atoms with Gasteiger partial charge >= 0.3 is 0 Å². The Balaban J connectivity index is 3.13. The lowest BCUT2D eigenvalue weighted by Crippen LogP contribution is -2.46. The molecule has 102 valence electrons. The molecule has 0 aromatic heterocycles. The molecule has 0 bridgehead atoms. The summed E-state index contributed by atoms with van der Waals surface area (Å²) >= 11 is 0. The van der Waals surface area contributed by atoms with Crippen LogP contribution in [0, 0.1) is 21.4 Å². The van der Waals surface area contributed by atoms with Gasteiger partial charge in [-0.1, -0.05) is 32.0 Å². The largest absolute Gasteiger partial charge is 0.286 e. The fraction of sp³-hybridized carbons (Fsp3) is 0.500. The van der Waals surface area contributed by atoms with Gasteiger partial charge in [0, 0.05) is 18.1 Å². The van der Waals surface area contributed by atoms with E-state index < -0.39 is 10.5 Å². The molecule has 1 aromatic rings. The third-order valence-electron chi connectivity index (χ3n) is 3.43. The highest BCUT2D eigenvalue weighted by atomic mass is 16.6. The Bertz CT molecular complexity index is 492. The Hall–Kier alpha value is -1.93. The van der Waals surface area contributed by atoms with Crippen LogP contribution in [0.2, 0.25) is 0 Å². The molecule has 1 aromatic carbocycles. The Morgan fingerprint density at radius 1 is 1.37 bits per heavy atom. The average Bonchev–Trinajstić information content (AvgIpc) is 2.40. The summed E-state index contributed by atoms with van der Waals surface area (Å²) in [5.74, 6) is 0. The van der Waals surface area contributed by atoms with Crippen LogP contribution < -0.4 is 0 Å². The topological polar surface area (TPSA) is 70.2 Å². The van der Waals surface area contributed by atoms with Crippen LogP contribution in [0.4, 0.5) is 5.69 Å². The van der Waals surface area contributed by atoms with Crippen molar-refractivity contribution >= 4 is 5.69 Å². The first kappa shape index (κ1) is 15.1. The van der Waals surface area contributed by atoms with Gasteiger partial charge in [-0.05, 0) is 20.0 Å². The second kappa shape index (κ2) is 6.30. The Morgan fingerprint density at radius 3 is 2.42 bits per heavy atom. The highest BCUT2D eigenvalue weighted by Crippen LogP contribution is 2.26. The standard InChI is InChI=1S/C14H19N3O2/c1-4-16(5-2)14(3,11-15)10-12-8-6-7-9-13(12)17(18)19/h6-9H,4-5,10H2,1-3H3. The predicted octanol–water partition coefficient (Wildman–Crippen LogP) is 2.76. The molecule has 1 rings (SSSR count). The zero-order chi connectivity index (χ0) is 14.5. The summed E-state index contributed by atoms with van der Waals surface area (Å²) in [6, 6.07) is 8.91. The number of hydrogen-bond acceptors (Lipinski definition) is 4. The van der Waals surface area contributed by atoms with Crippen molar-refractivity contribution < 1.29 is 4.92 Å². The summed E-state index contributed by atoms with van der Waals surface area (Å²) in [7, 11) is 0.